The first-order chi connectivity index (χ1) is 15.9. The number of amides is 1. The fourth-order valence-electron chi connectivity index (χ4n) is 3.86. The maximum Gasteiger partial charge on any atom is 0.253 e. The van der Waals surface area contributed by atoms with Gasteiger partial charge in [-0.15, -0.1) is 0 Å². The number of nitrogens with zero attached hydrogens (tertiary/aromatic N) is 3. The van der Waals surface area contributed by atoms with Gasteiger partial charge >= 0.3 is 0 Å². The highest BCUT2D eigenvalue weighted by molar-refractivity contribution is 7.89. The van der Waals surface area contributed by atoms with Gasteiger partial charge in [-0.05, 0) is 50.2 Å². The fraction of sp³-hybridized carbons (Fsp3) is 0.333. The average Bonchev–Trinajstić information content (AvgIpc) is 2.84. The predicted octanol–water partition coefficient (Wildman–Crippen LogP) is 3.18. The molecule has 174 valence electrons. The zero-order chi connectivity index (χ0) is 23.4. The number of benzene rings is 2. The largest absolute Gasteiger partial charge is 0.490 e. The van der Waals surface area contributed by atoms with Crippen LogP contribution < -0.4 is 9.47 Å². The molecule has 4 rings (SSSR count). The van der Waals surface area contributed by atoms with Gasteiger partial charge in [0, 0.05) is 49.4 Å². The zero-order valence-corrected chi connectivity index (χ0v) is 19.5. The molecule has 0 radical (unpaired) electrons. The first kappa shape index (κ1) is 23.0. The van der Waals surface area contributed by atoms with E-state index in [2.05, 4.69) is 4.98 Å². The molecule has 2 aromatic carbocycles. The number of sulfonamides is 1. The van der Waals surface area contributed by atoms with Crippen molar-refractivity contribution >= 4 is 26.8 Å². The van der Waals surface area contributed by atoms with E-state index >= 15 is 0 Å². The zero-order valence-electron chi connectivity index (χ0n) is 18.7. The van der Waals surface area contributed by atoms with E-state index in [1.165, 1.54) is 16.4 Å². The van der Waals surface area contributed by atoms with Gasteiger partial charge in [0.1, 0.15) is 0 Å². The Morgan fingerprint density at radius 1 is 0.939 bits per heavy atom. The molecule has 1 saturated heterocycles. The second-order valence-corrected chi connectivity index (χ2v) is 9.52. The van der Waals surface area contributed by atoms with E-state index in [9.17, 15) is 13.2 Å². The first-order valence-electron chi connectivity index (χ1n) is 11.0. The third-order valence-electron chi connectivity index (χ3n) is 5.53. The Hall–Kier alpha value is -3.17. The maximum atomic E-state index is 13.2. The van der Waals surface area contributed by atoms with Crippen molar-refractivity contribution in [3.63, 3.8) is 0 Å². The number of aromatic nitrogens is 1. The lowest BCUT2D eigenvalue weighted by Gasteiger charge is -2.34. The second-order valence-electron chi connectivity index (χ2n) is 7.58. The van der Waals surface area contributed by atoms with Crippen molar-refractivity contribution < 1.29 is 22.7 Å². The summed E-state index contributed by atoms with van der Waals surface area (Å²) in [7, 11) is -3.73. The van der Waals surface area contributed by atoms with Crippen molar-refractivity contribution in [2.45, 2.75) is 18.7 Å². The van der Waals surface area contributed by atoms with Crippen molar-refractivity contribution in [2.75, 3.05) is 39.4 Å². The quantitative estimate of drug-likeness (QED) is 0.528. The van der Waals surface area contributed by atoms with Crippen LogP contribution in [0.5, 0.6) is 11.5 Å². The van der Waals surface area contributed by atoms with Crippen LogP contribution in [0, 0.1) is 0 Å². The van der Waals surface area contributed by atoms with E-state index in [4.69, 9.17) is 9.47 Å². The van der Waals surface area contributed by atoms with Crippen molar-refractivity contribution in [3.8, 4) is 11.5 Å². The molecule has 0 atom stereocenters. The Labute approximate surface area is 193 Å². The molecule has 8 nitrogen and oxygen atoms in total. The highest BCUT2D eigenvalue weighted by Gasteiger charge is 2.31. The number of hydrogen-bond acceptors (Lipinski definition) is 6. The topological polar surface area (TPSA) is 89.0 Å². The van der Waals surface area contributed by atoms with Crippen molar-refractivity contribution in [1.82, 2.24) is 14.2 Å². The van der Waals surface area contributed by atoms with Crippen LogP contribution in [-0.4, -0.2) is 67.9 Å². The van der Waals surface area contributed by atoms with Gasteiger partial charge in [-0.1, -0.05) is 6.07 Å². The minimum atomic E-state index is -3.73. The lowest BCUT2D eigenvalue weighted by molar-refractivity contribution is 0.0698. The van der Waals surface area contributed by atoms with Crippen LogP contribution in [0.15, 0.2) is 59.6 Å². The van der Waals surface area contributed by atoms with Crippen molar-refractivity contribution in [3.05, 3.63) is 60.3 Å². The van der Waals surface area contributed by atoms with E-state index in [-0.39, 0.29) is 23.9 Å². The Bertz CT molecular complexity index is 1250. The normalized spacial score (nSPS) is 14.9. The number of piperazine rings is 1. The van der Waals surface area contributed by atoms with Crippen LogP contribution in [0.4, 0.5) is 0 Å². The molecule has 2 heterocycles. The summed E-state index contributed by atoms with van der Waals surface area (Å²) in [6.45, 7) is 5.62. The molecule has 1 aromatic heterocycles. The molecular formula is C24H27N3O5S. The molecule has 0 saturated carbocycles. The number of rotatable bonds is 7. The summed E-state index contributed by atoms with van der Waals surface area (Å²) in [5, 5.41) is 0.894. The number of ether oxygens (including phenoxy) is 2. The number of carbonyl (C=O) groups is 1. The molecule has 0 spiro atoms. The summed E-state index contributed by atoms with van der Waals surface area (Å²) in [4.78, 5) is 19.1. The van der Waals surface area contributed by atoms with Gasteiger partial charge < -0.3 is 14.4 Å². The molecule has 3 aromatic rings. The van der Waals surface area contributed by atoms with Crippen molar-refractivity contribution in [1.29, 1.82) is 0 Å². The van der Waals surface area contributed by atoms with Gasteiger partial charge in [-0.25, -0.2) is 8.42 Å². The Morgan fingerprint density at radius 3 is 2.39 bits per heavy atom. The summed E-state index contributed by atoms with van der Waals surface area (Å²) in [6.07, 6.45) is 1.71. The van der Waals surface area contributed by atoms with Crippen molar-refractivity contribution in [2.24, 2.45) is 0 Å². The smallest absolute Gasteiger partial charge is 0.253 e. The molecule has 1 amide bonds. The van der Waals surface area contributed by atoms with Gasteiger partial charge in [0.25, 0.3) is 5.91 Å². The monoisotopic (exact) mass is 469 g/mol. The van der Waals surface area contributed by atoms with Gasteiger partial charge in [0.05, 0.1) is 23.6 Å². The summed E-state index contributed by atoms with van der Waals surface area (Å²) in [5.41, 5.74) is 1.39. The number of hydrogen-bond donors (Lipinski definition) is 0. The highest BCUT2D eigenvalue weighted by atomic mass is 32.2. The molecule has 0 bridgehead atoms. The van der Waals surface area contributed by atoms with Crippen LogP contribution in [0.3, 0.4) is 0 Å². The Balaban J connectivity index is 1.47. The molecule has 1 aliphatic heterocycles. The molecule has 1 fully saturated rings. The molecule has 0 N–H and O–H groups in total. The van der Waals surface area contributed by atoms with E-state index in [1.54, 1.807) is 23.2 Å². The molecular weight excluding hydrogens is 442 g/mol. The number of carbonyl (C=O) groups excluding carboxylic acids is 1. The maximum absolute atomic E-state index is 13.2. The van der Waals surface area contributed by atoms with Crippen LogP contribution in [0.25, 0.3) is 10.9 Å². The van der Waals surface area contributed by atoms with Crippen LogP contribution in [0.2, 0.25) is 0 Å². The minimum Gasteiger partial charge on any atom is -0.490 e. The van der Waals surface area contributed by atoms with Gasteiger partial charge in [0.15, 0.2) is 11.5 Å². The molecule has 0 unspecified atom stereocenters. The van der Waals surface area contributed by atoms with E-state index in [0.717, 1.165) is 10.9 Å². The standard InChI is InChI=1S/C24H27N3O5S/c1-3-31-22-10-8-20(17-23(22)32-4-2)33(29,30)27-14-12-26(13-15-27)24(28)19-7-9-21-18(16-19)6-5-11-25-21/h5-11,16-17H,3-4,12-15H2,1-2H3. The van der Waals surface area contributed by atoms with Gasteiger partial charge in [0.2, 0.25) is 10.0 Å². The van der Waals surface area contributed by atoms with Gasteiger partial charge in [-0.3, -0.25) is 9.78 Å². The van der Waals surface area contributed by atoms with E-state index in [0.29, 0.717) is 43.4 Å². The summed E-state index contributed by atoms with van der Waals surface area (Å²) < 4.78 is 39.0. The van der Waals surface area contributed by atoms with E-state index in [1.807, 2.05) is 38.1 Å². The minimum absolute atomic E-state index is 0.113. The Morgan fingerprint density at radius 2 is 1.67 bits per heavy atom. The lowest BCUT2D eigenvalue weighted by Crippen LogP contribution is -2.50. The average molecular weight is 470 g/mol. The highest BCUT2D eigenvalue weighted by Crippen LogP contribution is 2.31. The summed E-state index contributed by atoms with van der Waals surface area (Å²) >= 11 is 0. The van der Waals surface area contributed by atoms with Crippen LogP contribution in [0.1, 0.15) is 24.2 Å². The summed E-state index contributed by atoms with van der Waals surface area (Å²) in [6, 6.07) is 13.8. The molecule has 33 heavy (non-hydrogen) atoms. The number of fused-ring (bicyclic) bond motifs is 1. The third-order valence-corrected chi connectivity index (χ3v) is 7.42. The number of pyridine rings is 1. The fourth-order valence-corrected chi connectivity index (χ4v) is 5.30. The van der Waals surface area contributed by atoms with Crippen LogP contribution >= 0.6 is 0 Å². The van der Waals surface area contributed by atoms with Crippen LogP contribution in [-0.2, 0) is 10.0 Å². The molecule has 1 aliphatic rings. The lowest BCUT2D eigenvalue weighted by atomic mass is 10.1. The first-order valence-corrected chi connectivity index (χ1v) is 12.4. The molecule has 0 aliphatic carbocycles. The predicted molar refractivity (Wildman–Crippen MR) is 125 cm³/mol. The second kappa shape index (κ2) is 9.76. The SMILES string of the molecule is CCOc1ccc(S(=O)(=O)N2CCN(C(=O)c3ccc4ncccc4c3)CC2)cc1OCC. The van der Waals surface area contributed by atoms with Gasteiger partial charge in [-0.2, -0.15) is 4.31 Å². The molecule has 9 heteroatoms. The summed E-state index contributed by atoms with van der Waals surface area (Å²) in [5.74, 6) is 0.803. The Kier molecular flexibility index (Phi) is 6.80. The van der Waals surface area contributed by atoms with E-state index < -0.39 is 10.0 Å². The third kappa shape index (κ3) is 4.79.